The first kappa shape index (κ1) is 13.4. The highest BCUT2D eigenvalue weighted by molar-refractivity contribution is 7.73. The molecule has 1 saturated carbocycles. The molecule has 0 bridgehead atoms. The van der Waals surface area contributed by atoms with Crippen molar-refractivity contribution in [1.82, 2.24) is 0 Å². The maximum Gasteiger partial charge on any atom is 0.213 e. The van der Waals surface area contributed by atoms with Crippen LogP contribution in [0.5, 0.6) is 0 Å². The lowest BCUT2D eigenvalue weighted by Crippen LogP contribution is -2.28. The van der Waals surface area contributed by atoms with Crippen molar-refractivity contribution in [3.63, 3.8) is 0 Å². The lowest BCUT2D eigenvalue weighted by atomic mass is 9.77. The summed E-state index contributed by atoms with van der Waals surface area (Å²) >= 11 is 0. The summed E-state index contributed by atoms with van der Waals surface area (Å²) in [6.45, 7) is 3.73. The van der Waals surface area contributed by atoms with Crippen molar-refractivity contribution >= 4 is 30.8 Å². The van der Waals surface area contributed by atoms with E-state index in [1.54, 1.807) is 0 Å². The van der Waals surface area contributed by atoms with Crippen molar-refractivity contribution in [2.45, 2.75) is 33.1 Å². The van der Waals surface area contributed by atoms with Crippen LogP contribution in [0.4, 0.5) is 0 Å². The van der Waals surface area contributed by atoms with Crippen LogP contribution >= 0.6 is 0 Å². The Labute approximate surface area is 98.7 Å². The van der Waals surface area contributed by atoms with Gasteiger partial charge in [-0.3, -0.25) is 0 Å². The Kier molecular flexibility index (Phi) is 4.73. The molecule has 3 unspecified atom stereocenters. The van der Waals surface area contributed by atoms with Crippen LogP contribution in [0.25, 0.3) is 0 Å². The van der Waals surface area contributed by atoms with E-state index in [0.717, 1.165) is 12.8 Å². The Morgan fingerprint density at radius 1 is 1.25 bits per heavy atom. The van der Waals surface area contributed by atoms with Crippen molar-refractivity contribution in [2.75, 3.05) is 0 Å². The highest BCUT2D eigenvalue weighted by Crippen LogP contribution is 2.30. The number of hydrogen-bond acceptors (Lipinski definition) is 4. The molecule has 0 aromatic rings. The molecule has 1 rings (SSSR count). The van der Waals surface area contributed by atoms with Crippen LogP contribution < -0.4 is 0 Å². The van der Waals surface area contributed by atoms with Crippen LogP contribution in [0, 0.1) is 17.8 Å². The molecule has 1 aliphatic carbocycles. The van der Waals surface area contributed by atoms with E-state index in [0.29, 0.717) is 11.3 Å². The summed E-state index contributed by atoms with van der Waals surface area (Å²) in [6, 6.07) is 0. The minimum absolute atomic E-state index is 0.0932. The minimum atomic E-state index is -2.17. The second-order valence-electron chi connectivity index (χ2n) is 4.40. The lowest BCUT2D eigenvalue weighted by Gasteiger charge is -2.28. The van der Waals surface area contributed by atoms with Gasteiger partial charge in [0.1, 0.15) is 0 Å². The van der Waals surface area contributed by atoms with Crippen LogP contribution in [-0.4, -0.2) is 27.1 Å². The normalized spacial score (nSPS) is 27.2. The van der Waals surface area contributed by atoms with E-state index >= 15 is 0 Å². The highest BCUT2D eigenvalue weighted by atomic mass is 32.2. The van der Waals surface area contributed by atoms with Crippen LogP contribution in [0.15, 0.2) is 0 Å². The zero-order chi connectivity index (χ0) is 12.3. The van der Waals surface area contributed by atoms with E-state index in [1.807, 2.05) is 13.8 Å². The fourth-order valence-corrected chi connectivity index (χ4v) is 3.52. The van der Waals surface area contributed by atoms with Gasteiger partial charge in [-0.05, 0) is 37.0 Å². The molecule has 6 heteroatoms. The second-order valence-corrected chi connectivity index (χ2v) is 6.19. The SMILES string of the molecule is CC1CCC(C(C)C=S(=O)=O)CC1=S(=O)=O. The second kappa shape index (κ2) is 5.63. The van der Waals surface area contributed by atoms with Crippen LogP contribution in [0.2, 0.25) is 0 Å². The molecule has 1 aliphatic rings. The fourth-order valence-electron chi connectivity index (χ4n) is 2.15. The molecule has 1 fully saturated rings. The summed E-state index contributed by atoms with van der Waals surface area (Å²) in [5.74, 6) is 0.130. The van der Waals surface area contributed by atoms with Gasteiger partial charge in [-0.25, -0.2) is 0 Å². The van der Waals surface area contributed by atoms with Gasteiger partial charge in [-0.1, -0.05) is 13.8 Å². The topological polar surface area (TPSA) is 68.3 Å². The third-order valence-corrected chi connectivity index (χ3v) is 4.92. The molecule has 92 valence electrons. The summed E-state index contributed by atoms with van der Waals surface area (Å²) in [6.07, 6.45) is 2.19. The monoisotopic (exact) mass is 264 g/mol. The van der Waals surface area contributed by atoms with Crippen LogP contribution in [0.1, 0.15) is 33.1 Å². The Morgan fingerprint density at radius 2 is 1.88 bits per heavy atom. The van der Waals surface area contributed by atoms with Gasteiger partial charge in [-0.15, -0.1) is 0 Å². The average Bonchev–Trinajstić information content (AvgIpc) is 2.16. The highest BCUT2D eigenvalue weighted by Gasteiger charge is 2.27. The molecular weight excluding hydrogens is 248 g/mol. The summed E-state index contributed by atoms with van der Waals surface area (Å²) in [4.78, 5) is 0.535. The smallest absolute Gasteiger partial charge is 0.185 e. The van der Waals surface area contributed by atoms with Gasteiger partial charge >= 0.3 is 0 Å². The summed E-state index contributed by atoms with van der Waals surface area (Å²) in [5.41, 5.74) is 0. The molecular formula is C10H16O4S2. The van der Waals surface area contributed by atoms with E-state index in [-0.39, 0.29) is 17.8 Å². The predicted molar refractivity (Wildman–Crippen MR) is 64.6 cm³/mol. The maximum atomic E-state index is 11.0. The van der Waals surface area contributed by atoms with Crippen molar-refractivity contribution in [3.8, 4) is 0 Å². The zero-order valence-corrected chi connectivity index (χ0v) is 11.0. The van der Waals surface area contributed by atoms with Crippen molar-refractivity contribution in [1.29, 1.82) is 0 Å². The van der Waals surface area contributed by atoms with Gasteiger partial charge in [0.15, 0.2) is 0 Å². The maximum absolute atomic E-state index is 11.0. The summed E-state index contributed by atoms with van der Waals surface area (Å²) < 4.78 is 43.1. The van der Waals surface area contributed by atoms with Crippen molar-refractivity contribution in [2.24, 2.45) is 17.8 Å². The number of hydrogen-bond donors (Lipinski definition) is 0. The van der Waals surface area contributed by atoms with Gasteiger partial charge in [0, 0.05) is 5.37 Å². The Morgan fingerprint density at radius 3 is 2.38 bits per heavy atom. The van der Waals surface area contributed by atoms with E-state index < -0.39 is 20.6 Å². The van der Waals surface area contributed by atoms with Gasteiger partial charge in [0.2, 0.25) is 20.6 Å². The van der Waals surface area contributed by atoms with Crippen LogP contribution in [0.3, 0.4) is 0 Å². The Bertz CT molecular complexity index is 497. The molecule has 0 radical (unpaired) electrons. The molecule has 0 aliphatic heterocycles. The first-order chi connectivity index (χ1) is 7.41. The third kappa shape index (κ3) is 3.45. The Balaban J connectivity index is 2.89. The van der Waals surface area contributed by atoms with Crippen molar-refractivity contribution in [3.05, 3.63) is 0 Å². The first-order valence-corrected chi connectivity index (χ1v) is 7.51. The van der Waals surface area contributed by atoms with Gasteiger partial charge in [0.25, 0.3) is 0 Å². The molecule has 0 aromatic carbocycles. The predicted octanol–water partition coefficient (Wildman–Crippen LogP) is 0.792. The van der Waals surface area contributed by atoms with Crippen molar-refractivity contribution < 1.29 is 16.8 Å². The molecule has 0 aromatic heterocycles. The van der Waals surface area contributed by atoms with E-state index in [1.165, 1.54) is 5.37 Å². The van der Waals surface area contributed by atoms with Gasteiger partial charge in [0.05, 0.1) is 4.86 Å². The van der Waals surface area contributed by atoms with Crippen LogP contribution in [-0.2, 0) is 20.6 Å². The average molecular weight is 264 g/mol. The fraction of sp³-hybridized carbons (Fsp3) is 0.800. The third-order valence-electron chi connectivity index (χ3n) is 3.27. The molecule has 0 saturated heterocycles. The Hall–Kier alpha value is -0.620. The first-order valence-electron chi connectivity index (χ1n) is 5.29. The quantitative estimate of drug-likeness (QED) is 0.692. The molecule has 0 amide bonds. The molecule has 4 nitrogen and oxygen atoms in total. The minimum Gasteiger partial charge on any atom is -0.185 e. The summed E-state index contributed by atoms with van der Waals surface area (Å²) in [7, 11) is -4.30. The molecule has 0 spiro atoms. The summed E-state index contributed by atoms with van der Waals surface area (Å²) in [5, 5.41) is 1.26. The van der Waals surface area contributed by atoms with E-state index in [4.69, 9.17) is 0 Å². The lowest BCUT2D eigenvalue weighted by molar-refractivity contribution is 0.371. The molecule has 3 atom stereocenters. The zero-order valence-electron chi connectivity index (χ0n) is 9.38. The molecule has 0 heterocycles. The number of rotatable bonds is 2. The van der Waals surface area contributed by atoms with E-state index in [2.05, 4.69) is 0 Å². The van der Waals surface area contributed by atoms with E-state index in [9.17, 15) is 16.8 Å². The molecule has 16 heavy (non-hydrogen) atoms. The standard InChI is InChI=1S/C10H16O4S2/c1-7-3-4-9(5-10(7)16(13)14)8(2)6-15(11)12/h6-9H,3-5H2,1-2H3. The van der Waals surface area contributed by atoms with Gasteiger partial charge < -0.3 is 0 Å². The largest absolute Gasteiger partial charge is 0.213 e. The van der Waals surface area contributed by atoms with Gasteiger partial charge in [-0.2, -0.15) is 16.8 Å². The molecule has 0 N–H and O–H groups in total.